The number of aryl methyl sites for hydroxylation is 1. The van der Waals surface area contributed by atoms with Crippen molar-refractivity contribution in [1.29, 1.82) is 0 Å². The van der Waals surface area contributed by atoms with Crippen LogP contribution in [-0.4, -0.2) is 52.0 Å². The van der Waals surface area contributed by atoms with E-state index in [2.05, 4.69) is 25.1 Å². The maximum absolute atomic E-state index is 10.5. The summed E-state index contributed by atoms with van der Waals surface area (Å²) in [6, 6.07) is 0. The van der Waals surface area contributed by atoms with Crippen LogP contribution < -0.4 is 0 Å². The van der Waals surface area contributed by atoms with Gasteiger partial charge in [-0.1, -0.05) is 11.6 Å². The first-order valence-electron chi connectivity index (χ1n) is 8.32. The SMILES string of the molecule is OC1(Cc2cn(Cc3nnc4n3CCCCC4)nn2)CCSC1. The highest BCUT2D eigenvalue weighted by Crippen LogP contribution is 2.30. The number of hydrogen-bond donors (Lipinski definition) is 1. The van der Waals surface area contributed by atoms with Crippen LogP contribution in [0.4, 0.5) is 0 Å². The molecule has 2 aromatic rings. The zero-order valence-electron chi connectivity index (χ0n) is 13.2. The Kier molecular flexibility index (Phi) is 4.11. The summed E-state index contributed by atoms with van der Waals surface area (Å²) in [6.45, 7) is 1.59. The summed E-state index contributed by atoms with van der Waals surface area (Å²) >= 11 is 1.80. The van der Waals surface area contributed by atoms with Crippen molar-refractivity contribution in [2.45, 2.75) is 57.2 Å². The van der Waals surface area contributed by atoms with Gasteiger partial charge < -0.3 is 9.67 Å². The number of aliphatic hydroxyl groups is 1. The minimum atomic E-state index is -0.614. The molecule has 0 radical (unpaired) electrons. The van der Waals surface area contributed by atoms with Crippen LogP contribution in [0.1, 0.15) is 43.0 Å². The summed E-state index contributed by atoms with van der Waals surface area (Å²) in [4.78, 5) is 0. The molecule has 124 valence electrons. The number of fused-ring (bicyclic) bond motifs is 1. The van der Waals surface area contributed by atoms with Crippen LogP contribution in [0.3, 0.4) is 0 Å². The number of rotatable bonds is 4. The summed E-state index contributed by atoms with van der Waals surface area (Å²) in [5.74, 6) is 3.86. The van der Waals surface area contributed by atoms with E-state index in [4.69, 9.17) is 0 Å². The third kappa shape index (κ3) is 3.28. The number of aromatic nitrogens is 6. The second-order valence-corrected chi connectivity index (χ2v) is 7.71. The number of nitrogens with zero attached hydrogens (tertiary/aromatic N) is 6. The van der Waals surface area contributed by atoms with Crippen molar-refractivity contribution in [1.82, 2.24) is 29.8 Å². The van der Waals surface area contributed by atoms with Crippen molar-refractivity contribution >= 4 is 11.8 Å². The molecule has 1 fully saturated rings. The first kappa shape index (κ1) is 15.1. The molecule has 0 amide bonds. The fraction of sp³-hybridized carbons (Fsp3) is 0.733. The molecule has 1 atom stereocenters. The molecule has 2 aliphatic rings. The van der Waals surface area contributed by atoms with Gasteiger partial charge in [-0.3, -0.25) is 0 Å². The lowest BCUT2D eigenvalue weighted by atomic mass is 9.98. The van der Waals surface area contributed by atoms with Gasteiger partial charge in [0.25, 0.3) is 0 Å². The van der Waals surface area contributed by atoms with Crippen molar-refractivity contribution in [3.05, 3.63) is 23.5 Å². The second-order valence-electron chi connectivity index (χ2n) is 6.61. The van der Waals surface area contributed by atoms with E-state index in [-0.39, 0.29) is 0 Å². The van der Waals surface area contributed by atoms with Crippen molar-refractivity contribution < 1.29 is 5.11 Å². The van der Waals surface area contributed by atoms with Gasteiger partial charge >= 0.3 is 0 Å². The van der Waals surface area contributed by atoms with Crippen LogP contribution in [0.5, 0.6) is 0 Å². The van der Waals surface area contributed by atoms with Crippen LogP contribution in [0, 0.1) is 0 Å². The molecule has 0 aromatic carbocycles. The first-order valence-corrected chi connectivity index (χ1v) is 9.47. The zero-order chi connectivity index (χ0) is 15.7. The third-order valence-corrected chi connectivity index (χ3v) is 5.90. The predicted molar refractivity (Wildman–Crippen MR) is 87.3 cm³/mol. The van der Waals surface area contributed by atoms with Crippen molar-refractivity contribution in [3.63, 3.8) is 0 Å². The lowest BCUT2D eigenvalue weighted by molar-refractivity contribution is 0.0676. The molecule has 0 aliphatic carbocycles. The van der Waals surface area contributed by atoms with E-state index in [1.54, 1.807) is 11.8 Å². The van der Waals surface area contributed by atoms with Crippen LogP contribution in [-0.2, 0) is 25.9 Å². The first-order chi connectivity index (χ1) is 11.2. The molecule has 8 heteroatoms. The van der Waals surface area contributed by atoms with Crippen LogP contribution in [0.25, 0.3) is 0 Å². The van der Waals surface area contributed by atoms with Crippen LogP contribution >= 0.6 is 11.8 Å². The quantitative estimate of drug-likeness (QED) is 0.900. The Balaban J connectivity index is 1.47. The standard InChI is InChI=1S/C15H22N6OS/c22-15(5-7-23-11-15)8-12-9-20(19-16-12)10-14-18-17-13-4-2-1-3-6-21(13)14/h9,22H,1-8,10-11H2. The van der Waals surface area contributed by atoms with E-state index >= 15 is 0 Å². The molecule has 23 heavy (non-hydrogen) atoms. The Morgan fingerprint density at radius 1 is 1.22 bits per heavy atom. The third-order valence-electron chi connectivity index (χ3n) is 4.67. The number of hydrogen-bond acceptors (Lipinski definition) is 6. The maximum atomic E-state index is 10.5. The maximum Gasteiger partial charge on any atom is 0.154 e. The number of thioether (sulfide) groups is 1. The molecular weight excluding hydrogens is 312 g/mol. The Bertz CT molecular complexity index is 675. The zero-order valence-corrected chi connectivity index (χ0v) is 14.0. The van der Waals surface area contributed by atoms with E-state index < -0.39 is 5.60 Å². The Morgan fingerprint density at radius 3 is 3.04 bits per heavy atom. The van der Waals surface area contributed by atoms with Crippen LogP contribution in [0.2, 0.25) is 0 Å². The fourth-order valence-electron chi connectivity index (χ4n) is 3.38. The molecule has 4 rings (SSSR count). The monoisotopic (exact) mass is 334 g/mol. The average molecular weight is 334 g/mol. The predicted octanol–water partition coefficient (Wildman–Crippen LogP) is 1.05. The van der Waals surface area contributed by atoms with Crippen molar-refractivity contribution in [2.75, 3.05) is 11.5 Å². The van der Waals surface area contributed by atoms with Crippen molar-refractivity contribution in [3.8, 4) is 0 Å². The highest BCUT2D eigenvalue weighted by atomic mass is 32.2. The smallest absolute Gasteiger partial charge is 0.154 e. The largest absolute Gasteiger partial charge is 0.389 e. The van der Waals surface area contributed by atoms with Gasteiger partial charge in [-0.05, 0) is 25.0 Å². The lowest BCUT2D eigenvalue weighted by Gasteiger charge is -2.18. The Hall–Kier alpha value is -1.41. The van der Waals surface area contributed by atoms with Gasteiger partial charge in [-0.2, -0.15) is 11.8 Å². The van der Waals surface area contributed by atoms with Gasteiger partial charge in [-0.15, -0.1) is 15.3 Å². The Morgan fingerprint density at radius 2 is 2.17 bits per heavy atom. The second kappa shape index (κ2) is 6.24. The van der Waals surface area contributed by atoms with Crippen LogP contribution in [0.15, 0.2) is 6.20 Å². The molecule has 1 N–H and O–H groups in total. The molecule has 2 aromatic heterocycles. The molecule has 1 saturated heterocycles. The minimum Gasteiger partial charge on any atom is -0.389 e. The summed E-state index contributed by atoms with van der Waals surface area (Å²) in [7, 11) is 0. The van der Waals surface area contributed by atoms with E-state index in [0.29, 0.717) is 13.0 Å². The van der Waals surface area contributed by atoms with Gasteiger partial charge in [0.2, 0.25) is 0 Å². The molecule has 0 saturated carbocycles. The molecule has 2 aliphatic heterocycles. The van der Waals surface area contributed by atoms with E-state index in [1.807, 2.05) is 10.9 Å². The molecule has 0 bridgehead atoms. The van der Waals surface area contributed by atoms with Gasteiger partial charge in [0.1, 0.15) is 12.4 Å². The molecule has 0 spiro atoms. The van der Waals surface area contributed by atoms with Gasteiger partial charge in [0, 0.05) is 31.3 Å². The summed E-state index contributed by atoms with van der Waals surface area (Å²) in [6.07, 6.45) is 8.00. The fourth-order valence-corrected chi connectivity index (χ4v) is 4.67. The lowest BCUT2D eigenvalue weighted by Crippen LogP contribution is -2.30. The molecular formula is C15H22N6OS. The highest BCUT2D eigenvalue weighted by Gasteiger charge is 2.32. The van der Waals surface area contributed by atoms with Gasteiger partial charge in [0.05, 0.1) is 11.3 Å². The van der Waals surface area contributed by atoms with Gasteiger partial charge in [-0.25, -0.2) is 4.68 Å². The van der Waals surface area contributed by atoms with Crippen molar-refractivity contribution in [2.24, 2.45) is 0 Å². The minimum absolute atomic E-state index is 0.581. The molecule has 1 unspecified atom stereocenters. The summed E-state index contributed by atoms with van der Waals surface area (Å²) < 4.78 is 4.04. The summed E-state index contributed by atoms with van der Waals surface area (Å²) in [5, 5.41) is 27.6. The molecule has 7 nitrogen and oxygen atoms in total. The van der Waals surface area contributed by atoms with E-state index in [9.17, 15) is 5.11 Å². The van der Waals surface area contributed by atoms with E-state index in [1.165, 1.54) is 19.3 Å². The highest BCUT2D eigenvalue weighted by molar-refractivity contribution is 7.99. The average Bonchev–Trinajstić information content (AvgIpc) is 3.19. The van der Waals surface area contributed by atoms with E-state index in [0.717, 1.165) is 48.2 Å². The van der Waals surface area contributed by atoms with Gasteiger partial charge in [0.15, 0.2) is 5.82 Å². The Labute approximate surface area is 139 Å². The topological polar surface area (TPSA) is 81.6 Å². The normalized spacial score (nSPS) is 24.6. The molecule has 4 heterocycles. The summed E-state index contributed by atoms with van der Waals surface area (Å²) in [5.41, 5.74) is 0.239.